The molecule has 6 rings (SSSR count). The molecular formula is C26H31N7. The van der Waals surface area contributed by atoms with E-state index in [1.807, 2.05) is 12.4 Å². The van der Waals surface area contributed by atoms with Gasteiger partial charge in [-0.15, -0.1) is 0 Å². The van der Waals surface area contributed by atoms with Gasteiger partial charge < -0.3 is 10.2 Å². The molecule has 0 spiro atoms. The zero-order valence-electron chi connectivity index (χ0n) is 19.3. The lowest BCUT2D eigenvalue weighted by Crippen LogP contribution is -2.45. The second-order valence-corrected chi connectivity index (χ2v) is 9.42. The van der Waals surface area contributed by atoms with Gasteiger partial charge in [0.15, 0.2) is 0 Å². The van der Waals surface area contributed by atoms with Crippen LogP contribution >= 0.6 is 0 Å². The summed E-state index contributed by atoms with van der Waals surface area (Å²) in [5, 5.41) is 13.3. The van der Waals surface area contributed by atoms with Gasteiger partial charge in [0.2, 0.25) is 0 Å². The predicted molar refractivity (Wildman–Crippen MR) is 134 cm³/mol. The molecular weight excluding hydrogens is 410 g/mol. The average molecular weight is 442 g/mol. The topological polar surface area (TPSA) is 73.0 Å². The van der Waals surface area contributed by atoms with Gasteiger partial charge in [0.25, 0.3) is 0 Å². The first-order valence-corrected chi connectivity index (χ1v) is 12.1. The first-order valence-electron chi connectivity index (χ1n) is 12.1. The van der Waals surface area contributed by atoms with Gasteiger partial charge in [-0.3, -0.25) is 10.00 Å². The van der Waals surface area contributed by atoms with Gasteiger partial charge in [-0.2, -0.15) is 5.10 Å². The Kier molecular flexibility index (Phi) is 5.44. The van der Waals surface area contributed by atoms with Gasteiger partial charge in [0.1, 0.15) is 5.82 Å². The molecule has 1 saturated heterocycles. The zero-order valence-corrected chi connectivity index (χ0v) is 19.3. The summed E-state index contributed by atoms with van der Waals surface area (Å²) in [6.07, 6.45) is 8.55. The Morgan fingerprint density at radius 2 is 1.82 bits per heavy atom. The molecule has 0 amide bonds. The van der Waals surface area contributed by atoms with Crippen molar-refractivity contribution < 1.29 is 0 Å². The van der Waals surface area contributed by atoms with Crippen molar-refractivity contribution in [2.45, 2.75) is 25.7 Å². The molecule has 4 heterocycles. The summed E-state index contributed by atoms with van der Waals surface area (Å²) in [6, 6.07) is 8.47. The number of pyridine rings is 2. The number of anilines is 1. The third-order valence-corrected chi connectivity index (χ3v) is 7.26. The van der Waals surface area contributed by atoms with Gasteiger partial charge in [-0.25, -0.2) is 9.97 Å². The van der Waals surface area contributed by atoms with E-state index in [1.165, 1.54) is 34.7 Å². The Labute approximate surface area is 194 Å². The van der Waals surface area contributed by atoms with E-state index < -0.39 is 0 Å². The maximum Gasteiger partial charge on any atom is 0.125 e. The lowest BCUT2D eigenvalue weighted by atomic mass is 9.86. The predicted octanol–water partition coefficient (Wildman–Crippen LogP) is 3.71. The first kappa shape index (κ1) is 20.6. The van der Waals surface area contributed by atoms with Gasteiger partial charge >= 0.3 is 0 Å². The van der Waals surface area contributed by atoms with E-state index in [0.29, 0.717) is 0 Å². The standard InChI is InChI=1S/C26H31N7/c1-32-12-14-33(15-13-32)11-10-27-24-9-6-18(16-28-24)26-20-5-3-2-4-19(20)25-21-17-29-31-22(21)7-8-23(25)30-26/h6-9,16-17H,2-5,10-15H2,1H3,(H,27,28)(H,29,31). The van der Waals surface area contributed by atoms with Gasteiger partial charge in [0, 0.05) is 61.8 Å². The fraction of sp³-hybridized carbons (Fsp3) is 0.423. The number of hydrogen-bond acceptors (Lipinski definition) is 6. The Bertz CT molecular complexity index is 1270. The minimum Gasteiger partial charge on any atom is -0.369 e. The molecule has 0 saturated carbocycles. The average Bonchev–Trinajstić information content (AvgIpc) is 3.34. The molecule has 7 heteroatoms. The second-order valence-electron chi connectivity index (χ2n) is 9.42. The number of fused-ring (bicyclic) bond motifs is 5. The number of aromatic nitrogens is 4. The molecule has 1 aromatic carbocycles. The minimum atomic E-state index is 0.917. The van der Waals surface area contributed by atoms with Crippen molar-refractivity contribution in [2.75, 3.05) is 51.6 Å². The largest absolute Gasteiger partial charge is 0.369 e. The molecule has 1 fully saturated rings. The number of likely N-dealkylation sites (N-methyl/N-ethyl adjacent to an activating group) is 1. The molecule has 2 N–H and O–H groups in total. The molecule has 170 valence electrons. The highest BCUT2D eigenvalue weighted by molar-refractivity contribution is 6.07. The Hall–Kier alpha value is -3.03. The summed E-state index contributed by atoms with van der Waals surface area (Å²) in [5.41, 5.74) is 7.17. The summed E-state index contributed by atoms with van der Waals surface area (Å²) in [7, 11) is 2.20. The molecule has 0 radical (unpaired) electrons. The lowest BCUT2D eigenvalue weighted by Gasteiger charge is -2.32. The van der Waals surface area contributed by atoms with Crippen LogP contribution in [-0.2, 0) is 12.8 Å². The van der Waals surface area contributed by atoms with Crippen LogP contribution in [0.15, 0.2) is 36.7 Å². The maximum atomic E-state index is 5.13. The number of aromatic amines is 1. The van der Waals surface area contributed by atoms with E-state index in [0.717, 1.165) is 80.2 Å². The van der Waals surface area contributed by atoms with E-state index in [4.69, 9.17) is 9.97 Å². The molecule has 33 heavy (non-hydrogen) atoms. The van der Waals surface area contributed by atoms with Gasteiger partial charge in [-0.1, -0.05) is 0 Å². The van der Waals surface area contributed by atoms with Crippen molar-refractivity contribution in [1.82, 2.24) is 30.0 Å². The van der Waals surface area contributed by atoms with Crippen molar-refractivity contribution in [3.05, 3.63) is 47.8 Å². The van der Waals surface area contributed by atoms with E-state index in [-0.39, 0.29) is 0 Å². The fourth-order valence-electron chi connectivity index (χ4n) is 5.34. The van der Waals surface area contributed by atoms with Crippen LogP contribution in [0.2, 0.25) is 0 Å². The molecule has 1 aliphatic carbocycles. The Morgan fingerprint density at radius 3 is 2.64 bits per heavy atom. The Morgan fingerprint density at radius 1 is 0.970 bits per heavy atom. The smallest absolute Gasteiger partial charge is 0.125 e. The van der Waals surface area contributed by atoms with E-state index in [9.17, 15) is 0 Å². The van der Waals surface area contributed by atoms with Crippen LogP contribution in [0.1, 0.15) is 24.0 Å². The number of benzene rings is 1. The number of piperazine rings is 1. The number of nitrogens with one attached hydrogen (secondary N) is 2. The number of hydrogen-bond donors (Lipinski definition) is 2. The van der Waals surface area contributed by atoms with E-state index in [2.05, 4.69) is 56.6 Å². The van der Waals surface area contributed by atoms with Crippen molar-refractivity contribution in [3.63, 3.8) is 0 Å². The molecule has 3 aromatic heterocycles. The van der Waals surface area contributed by atoms with Crippen LogP contribution in [-0.4, -0.2) is 76.3 Å². The van der Waals surface area contributed by atoms with Gasteiger partial charge in [0.05, 0.1) is 22.9 Å². The minimum absolute atomic E-state index is 0.917. The van der Waals surface area contributed by atoms with E-state index in [1.54, 1.807) is 0 Å². The van der Waals surface area contributed by atoms with Crippen LogP contribution in [0.3, 0.4) is 0 Å². The molecule has 0 bridgehead atoms. The molecule has 2 aliphatic rings. The van der Waals surface area contributed by atoms with Crippen molar-refractivity contribution in [3.8, 4) is 11.3 Å². The first-order chi connectivity index (χ1) is 16.3. The molecule has 0 atom stereocenters. The summed E-state index contributed by atoms with van der Waals surface area (Å²) in [6.45, 7) is 6.58. The maximum absolute atomic E-state index is 5.13. The summed E-state index contributed by atoms with van der Waals surface area (Å²) < 4.78 is 0. The normalized spacial score (nSPS) is 17.5. The lowest BCUT2D eigenvalue weighted by molar-refractivity contribution is 0.158. The highest BCUT2D eigenvalue weighted by Gasteiger charge is 2.21. The molecule has 4 aromatic rings. The van der Waals surface area contributed by atoms with Crippen LogP contribution in [0, 0.1) is 0 Å². The second kappa shape index (κ2) is 8.72. The summed E-state index contributed by atoms with van der Waals surface area (Å²) in [4.78, 5) is 14.8. The highest BCUT2D eigenvalue weighted by Crippen LogP contribution is 2.37. The van der Waals surface area contributed by atoms with Crippen molar-refractivity contribution >= 4 is 27.6 Å². The molecule has 7 nitrogen and oxygen atoms in total. The monoisotopic (exact) mass is 441 g/mol. The molecule has 1 aliphatic heterocycles. The Balaban J connectivity index is 1.25. The third kappa shape index (κ3) is 3.96. The van der Waals surface area contributed by atoms with Crippen LogP contribution < -0.4 is 5.32 Å². The number of aryl methyl sites for hydroxylation is 1. The number of nitrogens with zero attached hydrogens (tertiary/aromatic N) is 5. The summed E-state index contributed by atoms with van der Waals surface area (Å²) >= 11 is 0. The highest BCUT2D eigenvalue weighted by atomic mass is 15.2. The molecule has 0 unspecified atom stereocenters. The van der Waals surface area contributed by atoms with Crippen LogP contribution in [0.25, 0.3) is 33.1 Å². The van der Waals surface area contributed by atoms with Crippen molar-refractivity contribution in [1.29, 1.82) is 0 Å². The third-order valence-electron chi connectivity index (χ3n) is 7.26. The SMILES string of the molecule is CN1CCN(CCNc2ccc(-c3nc4ccc5[nH]ncc5c4c4c3CCCC4)cn2)CC1. The van der Waals surface area contributed by atoms with Crippen LogP contribution in [0.5, 0.6) is 0 Å². The quantitative estimate of drug-likeness (QED) is 0.492. The van der Waals surface area contributed by atoms with Crippen molar-refractivity contribution in [2.24, 2.45) is 0 Å². The summed E-state index contributed by atoms with van der Waals surface area (Å²) in [5.74, 6) is 0.933. The van der Waals surface area contributed by atoms with Gasteiger partial charge in [-0.05, 0) is 68.1 Å². The fourth-order valence-corrected chi connectivity index (χ4v) is 5.34. The number of rotatable bonds is 5. The van der Waals surface area contributed by atoms with Crippen LogP contribution in [0.4, 0.5) is 5.82 Å². The number of H-pyrrole nitrogens is 1. The zero-order chi connectivity index (χ0) is 22.2. The van der Waals surface area contributed by atoms with E-state index >= 15 is 0 Å².